The Morgan fingerprint density at radius 2 is 1.82 bits per heavy atom. The highest BCUT2D eigenvalue weighted by Crippen LogP contribution is 2.27. The maximum Gasteiger partial charge on any atom is 0.00450 e. The SMILES string of the molecule is NC1CC(CN2CCCC2)C1. The van der Waals surface area contributed by atoms with Crippen molar-refractivity contribution in [2.45, 2.75) is 31.7 Å². The zero-order valence-corrected chi connectivity index (χ0v) is 7.13. The fraction of sp³-hybridized carbons (Fsp3) is 1.00. The Bertz CT molecular complexity index is 124. The average Bonchev–Trinajstić information content (AvgIpc) is 2.36. The van der Waals surface area contributed by atoms with Gasteiger partial charge in [-0.1, -0.05) is 0 Å². The second-order valence-corrected chi connectivity index (χ2v) is 4.11. The van der Waals surface area contributed by atoms with Gasteiger partial charge < -0.3 is 10.6 Å². The molecular weight excluding hydrogens is 136 g/mol. The van der Waals surface area contributed by atoms with E-state index >= 15 is 0 Å². The van der Waals surface area contributed by atoms with Gasteiger partial charge in [-0.3, -0.25) is 0 Å². The molecule has 0 aromatic rings. The Hall–Kier alpha value is -0.0800. The number of rotatable bonds is 2. The number of nitrogens with two attached hydrogens (primary N) is 1. The predicted octanol–water partition coefficient (Wildman–Crippen LogP) is 0.819. The summed E-state index contributed by atoms with van der Waals surface area (Å²) in [7, 11) is 0. The molecule has 0 amide bonds. The Labute approximate surface area is 68.7 Å². The first kappa shape index (κ1) is 7.56. The van der Waals surface area contributed by atoms with Crippen LogP contribution in [0.15, 0.2) is 0 Å². The van der Waals surface area contributed by atoms with Gasteiger partial charge in [0.05, 0.1) is 0 Å². The molecule has 1 aliphatic heterocycles. The Morgan fingerprint density at radius 3 is 2.36 bits per heavy atom. The molecular formula is C9H18N2. The van der Waals surface area contributed by atoms with E-state index in [0.717, 1.165) is 5.92 Å². The largest absolute Gasteiger partial charge is 0.328 e. The van der Waals surface area contributed by atoms with Gasteiger partial charge in [0, 0.05) is 12.6 Å². The van der Waals surface area contributed by atoms with Crippen molar-refractivity contribution in [2.75, 3.05) is 19.6 Å². The lowest BCUT2D eigenvalue weighted by Crippen LogP contribution is -2.42. The molecule has 1 saturated heterocycles. The van der Waals surface area contributed by atoms with E-state index in [9.17, 15) is 0 Å². The van der Waals surface area contributed by atoms with E-state index in [0.29, 0.717) is 6.04 Å². The quantitative estimate of drug-likeness (QED) is 0.638. The van der Waals surface area contributed by atoms with E-state index in [2.05, 4.69) is 4.90 Å². The second kappa shape index (κ2) is 3.11. The molecule has 2 aliphatic rings. The van der Waals surface area contributed by atoms with Crippen LogP contribution in [-0.4, -0.2) is 30.6 Å². The van der Waals surface area contributed by atoms with Crippen LogP contribution < -0.4 is 5.73 Å². The number of nitrogens with zero attached hydrogens (tertiary/aromatic N) is 1. The minimum absolute atomic E-state index is 0.530. The van der Waals surface area contributed by atoms with Crippen molar-refractivity contribution in [3.8, 4) is 0 Å². The maximum atomic E-state index is 5.72. The molecule has 0 atom stereocenters. The van der Waals surface area contributed by atoms with Crippen LogP contribution >= 0.6 is 0 Å². The van der Waals surface area contributed by atoms with Crippen molar-refractivity contribution in [3.05, 3.63) is 0 Å². The van der Waals surface area contributed by atoms with Gasteiger partial charge >= 0.3 is 0 Å². The molecule has 0 unspecified atom stereocenters. The monoisotopic (exact) mass is 154 g/mol. The van der Waals surface area contributed by atoms with E-state index in [1.165, 1.54) is 45.3 Å². The molecule has 2 fully saturated rings. The van der Waals surface area contributed by atoms with Gasteiger partial charge in [0.2, 0.25) is 0 Å². The van der Waals surface area contributed by atoms with Crippen molar-refractivity contribution in [3.63, 3.8) is 0 Å². The molecule has 0 aromatic heterocycles. The third kappa shape index (κ3) is 1.74. The lowest BCUT2D eigenvalue weighted by Gasteiger charge is -2.35. The summed E-state index contributed by atoms with van der Waals surface area (Å²) in [5, 5.41) is 0. The molecule has 0 spiro atoms. The first-order valence-corrected chi connectivity index (χ1v) is 4.82. The fourth-order valence-corrected chi connectivity index (χ4v) is 2.27. The third-order valence-corrected chi connectivity index (χ3v) is 2.99. The van der Waals surface area contributed by atoms with Crippen LogP contribution in [0.1, 0.15) is 25.7 Å². The highest BCUT2D eigenvalue weighted by molar-refractivity contribution is 4.85. The van der Waals surface area contributed by atoms with Crippen molar-refractivity contribution >= 4 is 0 Å². The summed E-state index contributed by atoms with van der Waals surface area (Å²) in [6.45, 7) is 4.01. The molecule has 64 valence electrons. The lowest BCUT2D eigenvalue weighted by molar-refractivity contribution is 0.182. The molecule has 11 heavy (non-hydrogen) atoms. The fourth-order valence-electron chi connectivity index (χ4n) is 2.27. The normalized spacial score (nSPS) is 39.0. The number of hydrogen-bond donors (Lipinski definition) is 1. The van der Waals surface area contributed by atoms with Gasteiger partial charge in [-0.05, 0) is 44.7 Å². The molecule has 1 aliphatic carbocycles. The summed E-state index contributed by atoms with van der Waals surface area (Å²) in [4.78, 5) is 2.59. The highest BCUT2D eigenvalue weighted by Gasteiger charge is 2.28. The topological polar surface area (TPSA) is 29.3 Å². The highest BCUT2D eigenvalue weighted by atomic mass is 15.1. The van der Waals surface area contributed by atoms with Crippen molar-refractivity contribution in [1.82, 2.24) is 4.90 Å². The van der Waals surface area contributed by atoms with Crippen LogP contribution in [0.25, 0.3) is 0 Å². The molecule has 2 rings (SSSR count). The molecule has 2 N–H and O–H groups in total. The van der Waals surface area contributed by atoms with Crippen LogP contribution in [0.5, 0.6) is 0 Å². The lowest BCUT2D eigenvalue weighted by atomic mass is 9.80. The zero-order chi connectivity index (χ0) is 7.68. The minimum atomic E-state index is 0.530. The average molecular weight is 154 g/mol. The number of hydrogen-bond acceptors (Lipinski definition) is 2. The Kier molecular flexibility index (Phi) is 2.14. The molecule has 2 nitrogen and oxygen atoms in total. The van der Waals surface area contributed by atoms with E-state index in [1.54, 1.807) is 0 Å². The smallest absolute Gasteiger partial charge is 0.00450 e. The van der Waals surface area contributed by atoms with Gasteiger partial charge in [0.15, 0.2) is 0 Å². The summed E-state index contributed by atoms with van der Waals surface area (Å²) in [5.74, 6) is 0.933. The van der Waals surface area contributed by atoms with Gasteiger partial charge in [-0.25, -0.2) is 0 Å². The van der Waals surface area contributed by atoms with Crippen LogP contribution in [-0.2, 0) is 0 Å². The van der Waals surface area contributed by atoms with E-state index < -0.39 is 0 Å². The summed E-state index contributed by atoms with van der Waals surface area (Å²) in [6.07, 6.45) is 5.38. The Morgan fingerprint density at radius 1 is 1.18 bits per heavy atom. The number of likely N-dealkylation sites (tertiary alicyclic amines) is 1. The zero-order valence-electron chi connectivity index (χ0n) is 7.13. The molecule has 0 aromatic carbocycles. The first-order valence-electron chi connectivity index (χ1n) is 4.82. The van der Waals surface area contributed by atoms with Crippen LogP contribution in [0.3, 0.4) is 0 Å². The van der Waals surface area contributed by atoms with Crippen LogP contribution in [0.2, 0.25) is 0 Å². The standard InChI is InChI=1S/C9H18N2/c10-9-5-8(6-9)7-11-3-1-2-4-11/h8-9H,1-7,10H2. The summed E-state index contributed by atoms with van der Waals surface area (Å²) >= 11 is 0. The second-order valence-electron chi connectivity index (χ2n) is 4.11. The van der Waals surface area contributed by atoms with Gasteiger partial charge in [-0.2, -0.15) is 0 Å². The van der Waals surface area contributed by atoms with E-state index in [1.807, 2.05) is 0 Å². The predicted molar refractivity (Wildman–Crippen MR) is 46.4 cm³/mol. The molecule has 2 heteroatoms. The molecule has 0 radical (unpaired) electrons. The van der Waals surface area contributed by atoms with Crippen LogP contribution in [0.4, 0.5) is 0 Å². The maximum absolute atomic E-state index is 5.72. The van der Waals surface area contributed by atoms with Gasteiger partial charge in [0.1, 0.15) is 0 Å². The molecule has 0 bridgehead atoms. The van der Waals surface area contributed by atoms with E-state index in [4.69, 9.17) is 5.73 Å². The summed E-state index contributed by atoms with van der Waals surface area (Å²) < 4.78 is 0. The minimum Gasteiger partial charge on any atom is -0.328 e. The van der Waals surface area contributed by atoms with Crippen molar-refractivity contribution < 1.29 is 0 Å². The first-order chi connectivity index (χ1) is 5.34. The third-order valence-electron chi connectivity index (χ3n) is 2.99. The van der Waals surface area contributed by atoms with Gasteiger partial charge in [0.25, 0.3) is 0 Å². The van der Waals surface area contributed by atoms with Crippen molar-refractivity contribution in [2.24, 2.45) is 11.7 Å². The molecule has 1 heterocycles. The summed E-state index contributed by atoms with van der Waals surface area (Å²) in [5.41, 5.74) is 5.72. The van der Waals surface area contributed by atoms with E-state index in [-0.39, 0.29) is 0 Å². The van der Waals surface area contributed by atoms with Crippen LogP contribution in [0, 0.1) is 5.92 Å². The molecule has 1 saturated carbocycles. The summed E-state index contributed by atoms with van der Waals surface area (Å²) in [6, 6.07) is 0.530. The Balaban J connectivity index is 1.66. The van der Waals surface area contributed by atoms with Gasteiger partial charge in [-0.15, -0.1) is 0 Å². The van der Waals surface area contributed by atoms with Crippen molar-refractivity contribution in [1.29, 1.82) is 0 Å².